The van der Waals surface area contributed by atoms with Gasteiger partial charge in [-0.1, -0.05) is 12.1 Å². The molecular weight excluding hydrogens is 322 g/mol. The third-order valence-electron chi connectivity index (χ3n) is 3.39. The number of carbonyl (C=O) groups is 1. The number of aliphatic hydroxyl groups excluding tert-OH is 1. The highest BCUT2D eigenvalue weighted by atomic mass is 32.2. The summed E-state index contributed by atoms with van der Waals surface area (Å²) in [6.45, 7) is 5.76. The molecule has 0 aromatic heterocycles. The minimum Gasteiger partial charge on any atom is -0.491 e. The van der Waals surface area contributed by atoms with E-state index in [1.54, 1.807) is 11.8 Å². The van der Waals surface area contributed by atoms with E-state index in [2.05, 4.69) is 5.32 Å². The number of anilines is 1. The van der Waals surface area contributed by atoms with Gasteiger partial charge >= 0.3 is 0 Å². The quantitative estimate of drug-likeness (QED) is 0.750. The maximum absolute atomic E-state index is 11.0. The lowest BCUT2D eigenvalue weighted by Crippen LogP contribution is -2.20. The monoisotopic (exact) mass is 345 g/mol. The number of aliphatic hydroxyl groups is 1. The zero-order chi connectivity index (χ0) is 17.5. The van der Waals surface area contributed by atoms with E-state index in [0.717, 1.165) is 27.5 Å². The van der Waals surface area contributed by atoms with Crippen LogP contribution in [-0.2, 0) is 4.79 Å². The number of amides is 1. The lowest BCUT2D eigenvalue weighted by Gasteiger charge is -2.14. The summed E-state index contributed by atoms with van der Waals surface area (Å²) in [5, 5.41) is 12.8. The van der Waals surface area contributed by atoms with Crippen molar-refractivity contribution in [3.05, 3.63) is 53.6 Å². The van der Waals surface area contributed by atoms with Crippen LogP contribution in [0.4, 0.5) is 5.69 Å². The van der Waals surface area contributed by atoms with Gasteiger partial charge in [0.05, 0.1) is 6.10 Å². The molecule has 0 bridgehead atoms. The highest BCUT2D eigenvalue weighted by molar-refractivity contribution is 7.99. The molecule has 0 fully saturated rings. The summed E-state index contributed by atoms with van der Waals surface area (Å²) < 4.78 is 5.72. The normalized spacial score (nSPS) is 11.8. The number of nitrogens with one attached hydrogen (secondary N) is 1. The number of thioether (sulfide) groups is 1. The summed E-state index contributed by atoms with van der Waals surface area (Å²) in [7, 11) is 0. The van der Waals surface area contributed by atoms with E-state index in [1.165, 1.54) is 6.92 Å². The molecule has 0 aliphatic carbocycles. The topological polar surface area (TPSA) is 58.6 Å². The number of aryl methyl sites for hydroxylation is 2. The third kappa shape index (κ3) is 5.91. The van der Waals surface area contributed by atoms with E-state index in [4.69, 9.17) is 4.74 Å². The first-order chi connectivity index (χ1) is 11.4. The van der Waals surface area contributed by atoms with Gasteiger partial charge in [0, 0.05) is 23.3 Å². The van der Waals surface area contributed by atoms with Crippen LogP contribution in [0.15, 0.2) is 47.4 Å². The van der Waals surface area contributed by atoms with Crippen LogP contribution in [0, 0.1) is 13.8 Å². The average Bonchev–Trinajstić information content (AvgIpc) is 2.54. The lowest BCUT2D eigenvalue weighted by molar-refractivity contribution is -0.114. The van der Waals surface area contributed by atoms with Crippen LogP contribution in [0.2, 0.25) is 0 Å². The fourth-order valence-electron chi connectivity index (χ4n) is 2.13. The van der Waals surface area contributed by atoms with Crippen molar-refractivity contribution in [3.63, 3.8) is 0 Å². The highest BCUT2D eigenvalue weighted by Gasteiger charge is 2.08. The Morgan fingerprint density at radius 1 is 1.21 bits per heavy atom. The van der Waals surface area contributed by atoms with Gasteiger partial charge in [0.25, 0.3) is 0 Å². The highest BCUT2D eigenvalue weighted by Crippen LogP contribution is 2.22. The number of hydrogen-bond donors (Lipinski definition) is 2. The fourth-order valence-corrected chi connectivity index (χ4v) is 2.94. The molecule has 0 heterocycles. The molecule has 2 rings (SSSR count). The Morgan fingerprint density at radius 2 is 1.92 bits per heavy atom. The summed E-state index contributed by atoms with van der Waals surface area (Å²) in [4.78, 5) is 12.0. The first-order valence-corrected chi connectivity index (χ1v) is 8.81. The maximum atomic E-state index is 11.0. The van der Waals surface area contributed by atoms with E-state index in [9.17, 15) is 9.90 Å². The zero-order valence-corrected chi connectivity index (χ0v) is 15.0. The number of ether oxygens (including phenoxy) is 1. The van der Waals surface area contributed by atoms with Crippen LogP contribution < -0.4 is 10.1 Å². The van der Waals surface area contributed by atoms with Gasteiger partial charge in [0.15, 0.2) is 0 Å². The van der Waals surface area contributed by atoms with Gasteiger partial charge < -0.3 is 15.2 Å². The van der Waals surface area contributed by atoms with Crippen LogP contribution in [0.1, 0.15) is 18.1 Å². The SMILES string of the molecule is CC(=O)Nc1ccc(SC[C@@H](O)COc2cc(C)ccc2C)cc1. The largest absolute Gasteiger partial charge is 0.491 e. The molecule has 1 atom stereocenters. The first kappa shape index (κ1) is 18.4. The molecule has 0 radical (unpaired) electrons. The Labute approximate surface area is 147 Å². The molecule has 0 aliphatic rings. The van der Waals surface area contributed by atoms with Crippen molar-refractivity contribution < 1.29 is 14.6 Å². The lowest BCUT2D eigenvalue weighted by atomic mass is 10.1. The Hall–Kier alpha value is -1.98. The molecule has 24 heavy (non-hydrogen) atoms. The van der Waals surface area contributed by atoms with Gasteiger partial charge in [-0.3, -0.25) is 4.79 Å². The minimum absolute atomic E-state index is 0.0885. The summed E-state index contributed by atoms with van der Waals surface area (Å²) in [6.07, 6.45) is -0.551. The van der Waals surface area contributed by atoms with E-state index < -0.39 is 6.10 Å². The van der Waals surface area contributed by atoms with Gasteiger partial charge in [0.2, 0.25) is 5.91 Å². The second-order valence-corrected chi connectivity index (χ2v) is 6.84. The molecule has 5 heteroatoms. The minimum atomic E-state index is -0.551. The molecule has 2 N–H and O–H groups in total. The van der Waals surface area contributed by atoms with Gasteiger partial charge in [-0.15, -0.1) is 11.8 Å². The van der Waals surface area contributed by atoms with Crippen LogP contribution in [0.3, 0.4) is 0 Å². The van der Waals surface area contributed by atoms with Crippen molar-refractivity contribution in [3.8, 4) is 5.75 Å². The molecule has 4 nitrogen and oxygen atoms in total. The van der Waals surface area contributed by atoms with Crippen molar-refractivity contribution in [1.29, 1.82) is 0 Å². The molecular formula is C19H23NO3S. The van der Waals surface area contributed by atoms with Crippen molar-refractivity contribution >= 4 is 23.4 Å². The Kier molecular flexibility index (Phi) is 6.70. The molecule has 0 aliphatic heterocycles. The predicted molar refractivity (Wildman–Crippen MR) is 98.9 cm³/mol. The van der Waals surface area contributed by atoms with Crippen LogP contribution in [0.25, 0.3) is 0 Å². The van der Waals surface area contributed by atoms with Crippen molar-refractivity contribution in [2.75, 3.05) is 17.7 Å². The maximum Gasteiger partial charge on any atom is 0.221 e. The molecule has 2 aromatic carbocycles. The van der Waals surface area contributed by atoms with Crippen LogP contribution >= 0.6 is 11.8 Å². The third-order valence-corrected chi connectivity index (χ3v) is 4.55. The van der Waals surface area contributed by atoms with Crippen LogP contribution in [-0.4, -0.2) is 29.5 Å². The standard InChI is InChI=1S/C19H23NO3S/c1-13-4-5-14(2)19(10-13)23-11-17(22)12-24-18-8-6-16(7-9-18)20-15(3)21/h4-10,17,22H,11-12H2,1-3H3,(H,20,21)/t17-/m0/s1. The number of hydrogen-bond acceptors (Lipinski definition) is 4. The van der Waals surface area contributed by atoms with E-state index in [-0.39, 0.29) is 12.5 Å². The van der Waals surface area contributed by atoms with E-state index in [1.807, 2.05) is 56.3 Å². The predicted octanol–water partition coefficient (Wildman–Crippen LogP) is 3.79. The van der Waals surface area contributed by atoms with Gasteiger partial charge in [-0.05, 0) is 55.3 Å². The second-order valence-electron chi connectivity index (χ2n) is 5.75. The molecule has 0 spiro atoms. The Balaban J connectivity index is 1.79. The molecule has 2 aromatic rings. The molecule has 0 saturated carbocycles. The molecule has 1 amide bonds. The second kappa shape index (κ2) is 8.76. The molecule has 0 unspecified atom stereocenters. The average molecular weight is 345 g/mol. The Bertz CT molecular complexity index is 686. The molecule has 128 valence electrons. The summed E-state index contributed by atoms with van der Waals surface area (Å²) in [5.41, 5.74) is 2.97. The fraction of sp³-hybridized carbons (Fsp3) is 0.316. The Morgan fingerprint density at radius 3 is 2.58 bits per heavy atom. The smallest absolute Gasteiger partial charge is 0.221 e. The summed E-state index contributed by atoms with van der Waals surface area (Å²) in [5.74, 6) is 1.28. The van der Waals surface area contributed by atoms with Gasteiger partial charge in [-0.2, -0.15) is 0 Å². The van der Waals surface area contributed by atoms with E-state index >= 15 is 0 Å². The first-order valence-electron chi connectivity index (χ1n) is 7.82. The summed E-state index contributed by atoms with van der Waals surface area (Å²) in [6, 6.07) is 13.6. The number of carbonyl (C=O) groups excluding carboxylic acids is 1. The van der Waals surface area contributed by atoms with Crippen molar-refractivity contribution in [2.24, 2.45) is 0 Å². The number of rotatable bonds is 7. The summed E-state index contributed by atoms with van der Waals surface area (Å²) >= 11 is 1.56. The molecule has 0 saturated heterocycles. The van der Waals surface area contributed by atoms with Gasteiger partial charge in [-0.25, -0.2) is 0 Å². The van der Waals surface area contributed by atoms with Gasteiger partial charge in [0.1, 0.15) is 12.4 Å². The van der Waals surface area contributed by atoms with E-state index in [0.29, 0.717) is 5.75 Å². The van der Waals surface area contributed by atoms with Crippen molar-refractivity contribution in [1.82, 2.24) is 0 Å². The van der Waals surface area contributed by atoms with Crippen LogP contribution in [0.5, 0.6) is 5.75 Å². The number of benzene rings is 2. The van der Waals surface area contributed by atoms with Crippen molar-refractivity contribution in [2.45, 2.75) is 31.8 Å². The zero-order valence-electron chi connectivity index (χ0n) is 14.2.